The van der Waals surface area contributed by atoms with Crippen LogP contribution in [0.3, 0.4) is 0 Å². The van der Waals surface area contributed by atoms with Crippen LogP contribution in [0, 0.1) is 12.8 Å². The van der Waals surface area contributed by atoms with Gasteiger partial charge in [-0.05, 0) is 42.5 Å². The van der Waals surface area contributed by atoms with Gasteiger partial charge in [0.15, 0.2) is 5.78 Å². The highest BCUT2D eigenvalue weighted by molar-refractivity contribution is 7.13. The summed E-state index contributed by atoms with van der Waals surface area (Å²) in [5, 5.41) is 11.0. The molecule has 0 fully saturated rings. The molecule has 0 aliphatic heterocycles. The fourth-order valence-electron chi connectivity index (χ4n) is 2.76. The molecular formula is C18H16N2O4S. The van der Waals surface area contributed by atoms with Gasteiger partial charge in [0.1, 0.15) is 17.0 Å². The Morgan fingerprint density at radius 2 is 2.08 bits per heavy atom. The van der Waals surface area contributed by atoms with Crippen molar-refractivity contribution in [3.63, 3.8) is 0 Å². The number of rotatable bonds is 6. The van der Waals surface area contributed by atoms with Crippen molar-refractivity contribution in [3.05, 3.63) is 47.1 Å². The average molecular weight is 356 g/mol. The second kappa shape index (κ2) is 6.60. The summed E-state index contributed by atoms with van der Waals surface area (Å²) in [4.78, 5) is 41.4. The number of carboxylic acid groups (broad SMARTS) is 1. The molecule has 0 spiro atoms. The maximum atomic E-state index is 13.1. The molecule has 1 N–H and O–H groups in total. The summed E-state index contributed by atoms with van der Waals surface area (Å²) in [7, 11) is 0. The number of carbonyl (C=O) groups is 3. The molecule has 0 radical (unpaired) electrons. The Morgan fingerprint density at radius 1 is 1.32 bits per heavy atom. The highest BCUT2D eigenvalue weighted by atomic mass is 32.1. The molecule has 0 bridgehead atoms. The van der Waals surface area contributed by atoms with Crippen LogP contribution in [0.25, 0.3) is 16.2 Å². The number of aryl methyl sites for hydroxylation is 1. The van der Waals surface area contributed by atoms with Crippen LogP contribution >= 0.6 is 11.3 Å². The van der Waals surface area contributed by atoms with Crippen LogP contribution in [-0.2, 0) is 9.59 Å². The third kappa shape index (κ3) is 2.98. The van der Waals surface area contributed by atoms with Crippen LogP contribution < -0.4 is 0 Å². The van der Waals surface area contributed by atoms with Crippen molar-refractivity contribution in [1.82, 2.24) is 9.38 Å². The van der Waals surface area contributed by atoms with Gasteiger partial charge < -0.3 is 5.11 Å². The maximum Gasteiger partial charge on any atom is 0.372 e. The van der Waals surface area contributed by atoms with Crippen LogP contribution in [0.15, 0.2) is 35.8 Å². The first kappa shape index (κ1) is 17.0. The molecule has 1 unspecified atom stereocenters. The van der Waals surface area contributed by atoms with Crippen LogP contribution in [0.1, 0.15) is 29.4 Å². The molecule has 3 aromatic heterocycles. The minimum absolute atomic E-state index is 0.118. The summed E-state index contributed by atoms with van der Waals surface area (Å²) in [5.41, 5.74) is 2.35. The molecule has 128 valence electrons. The molecule has 3 heterocycles. The summed E-state index contributed by atoms with van der Waals surface area (Å²) in [6.45, 7) is 3.57. The SMILES string of the molecule is CCC(C(=O)C(=O)O)C(=O)c1c(-c2cc(C)cs2)nc2ccccn12. The van der Waals surface area contributed by atoms with E-state index in [1.165, 1.54) is 11.3 Å². The Hall–Kier alpha value is -2.80. The first-order valence-electron chi connectivity index (χ1n) is 7.78. The summed E-state index contributed by atoms with van der Waals surface area (Å²) in [6.07, 6.45) is 1.81. The molecule has 0 saturated carbocycles. The number of ketones is 2. The van der Waals surface area contributed by atoms with E-state index in [4.69, 9.17) is 5.11 Å². The topological polar surface area (TPSA) is 88.7 Å². The van der Waals surface area contributed by atoms with E-state index < -0.39 is 23.5 Å². The largest absolute Gasteiger partial charge is 0.475 e. The molecule has 0 aromatic carbocycles. The van der Waals surface area contributed by atoms with Crippen molar-refractivity contribution in [2.45, 2.75) is 20.3 Å². The molecule has 7 heteroatoms. The molecule has 6 nitrogen and oxygen atoms in total. The Labute approximate surface area is 147 Å². The predicted molar refractivity (Wildman–Crippen MR) is 94.0 cm³/mol. The lowest BCUT2D eigenvalue weighted by Gasteiger charge is -2.11. The Morgan fingerprint density at radius 3 is 2.68 bits per heavy atom. The molecular weight excluding hydrogens is 340 g/mol. The highest BCUT2D eigenvalue weighted by Crippen LogP contribution is 2.32. The minimum Gasteiger partial charge on any atom is -0.475 e. The summed E-state index contributed by atoms with van der Waals surface area (Å²) in [5.74, 6) is -4.43. The van der Waals surface area contributed by atoms with Gasteiger partial charge >= 0.3 is 5.97 Å². The first-order valence-corrected chi connectivity index (χ1v) is 8.66. The van der Waals surface area contributed by atoms with Gasteiger partial charge in [-0.25, -0.2) is 9.78 Å². The lowest BCUT2D eigenvalue weighted by molar-refractivity contribution is -0.150. The molecule has 25 heavy (non-hydrogen) atoms. The number of hydrogen-bond donors (Lipinski definition) is 1. The number of pyridine rings is 1. The van der Waals surface area contributed by atoms with Crippen LogP contribution in [-0.4, -0.2) is 32.0 Å². The fourth-order valence-corrected chi connectivity index (χ4v) is 3.65. The number of carboxylic acids is 1. The molecule has 0 aliphatic rings. The van der Waals surface area contributed by atoms with Gasteiger partial charge in [-0.2, -0.15) is 0 Å². The van der Waals surface area contributed by atoms with E-state index in [0.717, 1.165) is 10.4 Å². The average Bonchev–Trinajstić information content (AvgIpc) is 3.18. The number of aromatic nitrogens is 2. The van der Waals surface area contributed by atoms with E-state index in [2.05, 4.69) is 4.98 Å². The number of hydrogen-bond acceptors (Lipinski definition) is 5. The molecule has 0 saturated heterocycles. The van der Waals surface area contributed by atoms with Gasteiger partial charge in [-0.15, -0.1) is 11.3 Å². The van der Waals surface area contributed by atoms with Crippen molar-refractivity contribution in [3.8, 4) is 10.6 Å². The van der Waals surface area contributed by atoms with Gasteiger partial charge in [-0.1, -0.05) is 13.0 Å². The summed E-state index contributed by atoms with van der Waals surface area (Å²) >= 11 is 1.45. The van der Waals surface area contributed by atoms with Crippen LogP contribution in [0.4, 0.5) is 0 Å². The zero-order valence-corrected chi connectivity index (χ0v) is 14.5. The van der Waals surface area contributed by atoms with Gasteiger partial charge in [0.2, 0.25) is 0 Å². The third-order valence-corrected chi connectivity index (χ3v) is 5.03. The van der Waals surface area contributed by atoms with E-state index in [9.17, 15) is 14.4 Å². The number of nitrogens with zero attached hydrogens (tertiary/aromatic N) is 2. The number of aliphatic carboxylic acids is 1. The Balaban J connectivity index is 2.21. The second-order valence-electron chi connectivity index (χ2n) is 5.72. The fraction of sp³-hybridized carbons (Fsp3) is 0.222. The number of thiophene rings is 1. The van der Waals surface area contributed by atoms with Crippen molar-refractivity contribution >= 4 is 34.5 Å². The minimum atomic E-state index is -1.59. The molecule has 0 amide bonds. The lowest BCUT2D eigenvalue weighted by Crippen LogP contribution is -2.30. The van der Waals surface area contributed by atoms with E-state index in [-0.39, 0.29) is 12.1 Å². The quantitative estimate of drug-likeness (QED) is 0.416. The molecule has 1 atom stereocenters. The van der Waals surface area contributed by atoms with E-state index in [0.29, 0.717) is 11.3 Å². The predicted octanol–water partition coefficient (Wildman–Crippen LogP) is 3.23. The van der Waals surface area contributed by atoms with E-state index in [1.807, 2.05) is 18.4 Å². The zero-order chi connectivity index (χ0) is 18.1. The van der Waals surface area contributed by atoms with Gasteiger partial charge in [0.05, 0.1) is 10.8 Å². The summed E-state index contributed by atoms with van der Waals surface area (Å²) < 4.78 is 1.62. The van der Waals surface area contributed by atoms with Crippen molar-refractivity contribution in [2.24, 2.45) is 5.92 Å². The normalized spacial score (nSPS) is 12.2. The standard InChI is InChI=1S/C18H16N2O4S/c1-3-11(17(22)18(23)24)16(21)15-14(12-8-10(2)9-25-12)19-13-6-4-5-7-20(13)15/h4-9,11H,3H2,1-2H3,(H,23,24). The first-order chi connectivity index (χ1) is 11.9. The summed E-state index contributed by atoms with van der Waals surface area (Å²) in [6, 6.07) is 7.25. The zero-order valence-electron chi connectivity index (χ0n) is 13.7. The van der Waals surface area contributed by atoms with Gasteiger partial charge in [-0.3, -0.25) is 14.0 Å². The van der Waals surface area contributed by atoms with E-state index in [1.54, 1.807) is 35.7 Å². The third-order valence-electron chi connectivity index (χ3n) is 3.98. The number of fused-ring (bicyclic) bond motifs is 1. The van der Waals surface area contributed by atoms with Crippen molar-refractivity contribution in [1.29, 1.82) is 0 Å². The van der Waals surface area contributed by atoms with Crippen LogP contribution in [0.5, 0.6) is 0 Å². The Kier molecular flexibility index (Phi) is 4.50. The number of Topliss-reactive ketones (excluding diaryl/α,β-unsaturated/α-hetero) is 2. The van der Waals surface area contributed by atoms with Crippen molar-refractivity contribution in [2.75, 3.05) is 0 Å². The lowest BCUT2D eigenvalue weighted by atomic mass is 9.93. The van der Waals surface area contributed by atoms with Gasteiger partial charge in [0.25, 0.3) is 5.78 Å². The molecule has 0 aliphatic carbocycles. The maximum absolute atomic E-state index is 13.1. The van der Waals surface area contributed by atoms with Crippen molar-refractivity contribution < 1.29 is 19.5 Å². The number of imidazole rings is 1. The second-order valence-corrected chi connectivity index (χ2v) is 6.63. The number of carbonyl (C=O) groups excluding carboxylic acids is 2. The van der Waals surface area contributed by atoms with Crippen LogP contribution in [0.2, 0.25) is 0 Å². The molecule has 3 rings (SSSR count). The monoisotopic (exact) mass is 356 g/mol. The Bertz CT molecular complexity index is 986. The van der Waals surface area contributed by atoms with E-state index >= 15 is 0 Å². The van der Waals surface area contributed by atoms with Gasteiger partial charge in [0, 0.05) is 6.20 Å². The highest BCUT2D eigenvalue weighted by Gasteiger charge is 2.34. The smallest absolute Gasteiger partial charge is 0.372 e. The molecule has 3 aromatic rings.